The molecule has 1 saturated carbocycles. The molecule has 1 unspecified atom stereocenters. The highest BCUT2D eigenvalue weighted by molar-refractivity contribution is 6.13. The molecule has 6 heteroatoms. The van der Waals surface area contributed by atoms with Crippen molar-refractivity contribution in [3.8, 4) is 5.75 Å². The van der Waals surface area contributed by atoms with Gasteiger partial charge in [0.05, 0.1) is 5.71 Å². The molecular formula is C25H33N5O. The Morgan fingerprint density at radius 1 is 1.32 bits per heavy atom. The SMILES string of the molecule is C/C=C(\C=NC)c1ccc(C2=NN=C(N3CCNC(C4CC4)C3)CC(CC)=C2)c(O)c1. The third-order valence-electron chi connectivity index (χ3n) is 6.40. The van der Waals surface area contributed by atoms with Gasteiger partial charge in [0.15, 0.2) is 0 Å². The van der Waals surface area contributed by atoms with Gasteiger partial charge in [0.2, 0.25) is 0 Å². The number of allylic oxidation sites excluding steroid dienone is 3. The number of hydrogen-bond acceptors (Lipinski definition) is 6. The Morgan fingerprint density at radius 2 is 2.16 bits per heavy atom. The minimum absolute atomic E-state index is 0.210. The Morgan fingerprint density at radius 3 is 2.84 bits per heavy atom. The number of piperazine rings is 1. The van der Waals surface area contributed by atoms with Gasteiger partial charge < -0.3 is 15.3 Å². The summed E-state index contributed by atoms with van der Waals surface area (Å²) in [6.07, 6.45) is 10.3. The summed E-state index contributed by atoms with van der Waals surface area (Å²) < 4.78 is 0. The molecule has 3 aliphatic rings. The van der Waals surface area contributed by atoms with Crippen molar-refractivity contribution in [3.63, 3.8) is 0 Å². The van der Waals surface area contributed by atoms with Crippen LogP contribution < -0.4 is 5.32 Å². The summed E-state index contributed by atoms with van der Waals surface area (Å²) in [6.45, 7) is 7.11. The minimum Gasteiger partial charge on any atom is -0.507 e. The van der Waals surface area contributed by atoms with E-state index in [2.05, 4.69) is 38.4 Å². The lowest BCUT2D eigenvalue weighted by Crippen LogP contribution is -2.53. The van der Waals surface area contributed by atoms with Gasteiger partial charge in [0, 0.05) is 50.9 Å². The summed E-state index contributed by atoms with van der Waals surface area (Å²) in [6, 6.07) is 6.27. The van der Waals surface area contributed by atoms with E-state index >= 15 is 0 Å². The van der Waals surface area contributed by atoms with E-state index in [0.717, 1.165) is 61.1 Å². The second-order valence-electron chi connectivity index (χ2n) is 8.54. The molecule has 4 rings (SSSR count). The largest absolute Gasteiger partial charge is 0.507 e. The van der Waals surface area contributed by atoms with E-state index in [0.29, 0.717) is 11.6 Å². The molecule has 0 radical (unpaired) electrons. The molecule has 1 aromatic rings. The number of phenolic OH excluding ortho intramolecular Hbond substituents is 1. The second kappa shape index (κ2) is 9.60. The third kappa shape index (κ3) is 4.96. The van der Waals surface area contributed by atoms with Crippen LogP contribution in [0.25, 0.3) is 5.57 Å². The summed E-state index contributed by atoms with van der Waals surface area (Å²) in [5.41, 5.74) is 4.61. The molecule has 1 atom stereocenters. The van der Waals surface area contributed by atoms with Gasteiger partial charge in [-0.2, -0.15) is 0 Å². The lowest BCUT2D eigenvalue weighted by Gasteiger charge is -2.35. The van der Waals surface area contributed by atoms with Crippen molar-refractivity contribution < 1.29 is 5.11 Å². The minimum atomic E-state index is 0.210. The zero-order valence-corrected chi connectivity index (χ0v) is 18.8. The van der Waals surface area contributed by atoms with Crippen molar-refractivity contribution in [1.82, 2.24) is 10.2 Å². The van der Waals surface area contributed by atoms with E-state index in [-0.39, 0.29) is 5.75 Å². The van der Waals surface area contributed by atoms with Crippen molar-refractivity contribution in [2.24, 2.45) is 21.1 Å². The Bertz CT molecular complexity index is 968. The molecule has 1 aromatic carbocycles. The fourth-order valence-corrected chi connectivity index (χ4v) is 4.37. The molecule has 6 nitrogen and oxygen atoms in total. The molecule has 0 bridgehead atoms. The number of benzene rings is 1. The van der Waals surface area contributed by atoms with Crippen LogP contribution in [0.3, 0.4) is 0 Å². The molecule has 1 saturated heterocycles. The number of hydrogen-bond donors (Lipinski definition) is 2. The topological polar surface area (TPSA) is 72.6 Å². The number of aliphatic imine (C=N–C) groups is 1. The number of aromatic hydroxyl groups is 1. The number of amidine groups is 1. The molecule has 1 aliphatic carbocycles. The predicted octanol–water partition coefficient (Wildman–Crippen LogP) is 4.02. The smallest absolute Gasteiger partial charge is 0.131 e. The van der Waals surface area contributed by atoms with Crippen molar-refractivity contribution in [1.29, 1.82) is 0 Å². The van der Waals surface area contributed by atoms with Crippen LogP contribution in [0.15, 0.2) is 51.1 Å². The quantitative estimate of drug-likeness (QED) is 0.708. The first-order chi connectivity index (χ1) is 15.1. The molecule has 2 aliphatic heterocycles. The molecule has 0 spiro atoms. The van der Waals surface area contributed by atoms with Gasteiger partial charge in [-0.05, 0) is 61.4 Å². The van der Waals surface area contributed by atoms with Crippen LogP contribution in [0, 0.1) is 5.92 Å². The van der Waals surface area contributed by atoms with E-state index in [4.69, 9.17) is 0 Å². The molecule has 31 heavy (non-hydrogen) atoms. The van der Waals surface area contributed by atoms with Crippen LogP contribution in [0.4, 0.5) is 0 Å². The summed E-state index contributed by atoms with van der Waals surface area (Å²) in [7, 11) is 1.75. The van der Waals surface area contributed by atoms with Gasteiger partial charge in [0.1, 0.15) is 11.6 Å². The first kappa shape index (κ1) is 21.5. The molecule has 2 heterocycles. The maximum Gasteiger partial charge on any atom is 0.131 e. The van der Waals surface area contributed by atoms with Crippen molar-refractivity contribution in [2.75, 3.05) is 26.7 Å². The number of nitrogens with zero attached hydrogens (tertiary/aromatic N) is 4. The first-order valence-corrected chi connectivity index (χ1v) is 11.4. The fourth-order valence-electron chi connectivity index (χ4n) is 4.37. The molecular weight excluding hydrogens is 386 g/mol. The Labute approximate surface area is 185 Å². The number of rotatable bonds is 5. The van der Waals surface area contributed by atoms with Crippen LogP contribution in [-0.2, 0) is 0 Å². The van der Waals surface area contributed by atoms with Crippen molar-refractivity contribution in [3.05, 3.63) is 47.1 Å². The van der Waals surface area contributed by atoms with Gasteiger partial charge in [-0.25, -0.2) is 0 Å². The zero-order chi connectivity index (χ0) is 21.8. The average molecular weight is 420 g/mol. The van der Waals surface area contributed by atoms with Crippen molar-refractivity contribution in [2.45, 2.75) is 45.6 Å². The number of phenols is 1. The Kier molecular flexibility index (Phi) is 6.66. The highest BCUT2D eigenvalue weighted by Gasteiger charge is 2.35. The first-order valence-electron chi connectivity index (χ1n) is 11.4. The summed E-state index contributed by atoms with van der Waals surface area (Å²) >= 11 is 0. The van der Waals surface area contributed by atoms with Crippen molar-refractivity contribution >= 4 is 23.3 Å². The van der Waals surface area contributed by atoms with Gasteiger partial charge in [-0.1, -0.05) is 24.6 Å². The summed E-state index contributed by atoms with van der Waals surface area (Å²) in [5, 5.41) is 23.7. The van der Waals surface area contributed by atoms with E-state index in [9.17, 15) is 5.11 Å². The van der Waals surface area contributed by atoms with Crippen LogP contribution in [0.1, 0.15) is 50.7 Å². The highest BCUT2D eigenvalue weighted by Crippen LogP contribution is 2.34. The molecule has 2 fully saturated rings. The van der Waals surface area contributed by atoms with Gasteiger partial charge >= 0.3 is 0 Å². The van der Waals surface area contributed by atoms with Crippen LogP contribution in [-0.4, -0.2) is 60.5 Å². The molecule has 2 N–H and O–H groups in total. The van der Waals surface area contributed by atoms with Crippen LogP contribution in [0.5, 0.6) is 5.75 Å². The normalized spacial score (nSPS) is 22.8. The van der Waals surface area contributed by atoms with Gasteiger partial charge in [-0.15, -0.1) is 10.2 Å². The maximum atomic E-state index is 10.8. The second-order valence-corrected chi connectivity index (χ2v) is 8.54. The molecule has 164 valence electrons. The third-order valence-corrected chi connectivity index (χ3v) is 6.40. The fraction of sp³-hybridized carbons (Fsp3) is 0.480. The maximum absolute atomic E-state index is 10.8. The van der Waals surface area contributed by atoms with Gasteiger partial charge in [-0.3, -0.25) is 4.99 Å². The number of nitrogens with one attached hydrogen (secondary N) is 1. The standard InChI is InChI=1S/C25H33N5O/c1-4-17-12-22(21-9-8-20(14-24(21)31)18(5-2)15-26-3)28-29-25(13-17)30-11-10-27-23(16-30)19-6-7-19/h5,8-9,12,14-15,19,23,27,31H,4,6-7,10-11,13,16H2,1-3H3/b18-5+,26-15?. The highest BCUT2D eigenvalue weighted by atomic mass is 16.3. The lowest BCUT2D eigenvalue weighted by molar-refractivity contribution is 0.269. The molecule has 0 amide bonds. The van der Waals surface area contributed by atoms with Gasteiger partial charge in [0.25, 0.3) is 0 Å². The van der Waals surface area contributed by atoms with E-state index in [1.165, 1.54) is 18.4 Å². The van der Waals surface area contributed by atoms with E-state index < -0.39 is 0 Å². The summed E-state index contributed by atoms with van der Waals surface area (Å²) in [5.74, 6) is 2.08. The predicted molar refractivity (Wildman–Crippen MR) is 129 cm³/mol. The lowest BCUT2D eigenvalue weighted by atomic mass is 9.99. The molecule has 0 aromatic heterocycles. The monoisotopic (exact) mass is 419 g/mol. The summed E-state index contributed by atoms with van der Waals surface area (Å²) in [4.78, 5) is 6.50. The van der Waals surface area contributed by atoms with Crippen LogP contribution in [0.2, 0.25) is 0 Å². The zero-order valence-electron chi connectivity index (χ0n) is 18.8. The Hall–Kier alpha value is -2.73. The Balaban J connectivity index is 1.61. The van der Waals surface area contributed by atoms with Crippen LogP contribution >= 0.6 is 0 Å². The average Bonchev–Trinajstić information content (AvgIpc) is 3.64. The van der Waals surface area contributed by atoms with E-state index in [1.54, 1.807) is 19.3 Å². The van der Waals surface area contributed by atoms with E-state index in [1.807, 2.05) is 25.1 Å².